The van der Waals surface area contributed by atoms with Gasteiger partial charge in [-0.3, -0.25) is 0 Å². The van der Waals surface area contributed by atoms with E-state index in [4.69, 9.17) is 0 Å². The average molecular weight is 351 g/mol. The number of hydrogen-bond acceptors (Lipinski definition) is 3. The van der Waals surface area contributed by atoms with Crippen LogP contribution in [0.15, 0.2) is 42.5 Å². The van der Waals surface area contributed by atoms with Crippen molar-refractivity contribution in [3.05, 3.63) is 70.3 Å². The van der Waals surface area contributed by atoms with Crippen molar-refractivity contribution in [2.24, 2.45) is 0 Å². The lowest BCUT2D eigenvalue weighted by Gasteiger charge is -2.40. The minimum atomic E-state index is -0.736. The molecule has 2 aliphatic rings. The van der Waals surface area contributed by atoms with Crippen LogP contribution in [-0.2, 0) is 18.4 Å². The number of likely N-dealkylation sites (tertiary alicyclic amines) is 1. The summed E-state index contributed by atoms with van der Waals surface area (Å²) in [5.41, 5.74) is 5.36. The first-order chi connectivity index (χ1) is 12.5. The maximum Gasteiger partial charge on any atom is 0.0923 e. The fourth-order valence-corrected chi connectivity index (χ4v) is 4.62. The topological polar surface area (TPSA) is 43.7 Å². The molecule has 138 valence electrons. The largest absolute Gasteiger partial charge is 0.387 e. The van der Waals surface area contributed by atoms with Crippen molar-refractivity contribution in [1.82, 2.24) is 4.90 Å². The van der Waals surface area contributed by atoms with E-state index in [-0.39, 0.29) is 0 Å². The molecule has 0 radical (unpaired) electrons. The maximum absolute atomic E-state index is 11.1. The quantitative estimate of drug-likeness (QED) is 0.886. The second-order valence-electron chi connectivity index (χ2n) is 8.04. The predicted octanol–water partition coefficient (Wildman–Crippen LogP) is 3.50. The Kier molecular flexibility index (Phi) is 4.87. The number of rotatable bonds is 4. The zero-order valence-electron chi connectivity index (χ0n) is 15.6. The van der Waals surface area contributed by atoms with Crippen LogP contribution < -0.4 is 0 Å². The first-order valence-corrected chi connectivity index (χ1v) is 9.86. The zero-order valence-corrected chi connectivity index (χ0v) is 15.6. The third kappa shape index (κ3) is 3.44. The van der Waals surface area contributed by atoms with Gasteiger partial charge in [0.1, 0.15) is 0 Å². The second kappa shape index (κ2) is 7.15. The maximum atomic E-state index is 11.1. The summed E-state index contributed by atoms with van der Waals surface area (Å²) in [5.74, 6) is 0. The van der Waals surface area contributed by atoms with Gasteiger partial charge in [-0.1, -0.05) is 42.5 Å². The summed E-state index contributed by atoms with van der Waals surface area (Å²) < 4.78 is 0. The van der Waals surface area contributed by atoms with Crippen molar-refractivity contribution in [2.75, 3.05) is 19.6 Å². The van der Waals surface area contributed by atoms with Gasteiger partial charge < -0.3 is 15.1 Å². The van der Waals surface area contributed by atoms with Crippen molar-refractivity contribution in [2.45, 2.75) is 50.7 Å². The number of fused-ring (bicyclic) bond motifs is 1. The van der Waals surface area contributed by atoms with Gasteiger partial charge in [0.15, 0.2) is 0 Å². The van der Waals surface area contributed by atoms with Gasteiger partial charge in [0.2, 0.25) is 0 Å². The van der Waals surface area contributed by atoms with Gasteiger partial charge in [-0.05, 0) is 66.8 Å². The summed E-state index contributed by atoms with van der Waals surface area (Å²) >= 11 is 0. The minimum Gasteiger partial charge on any atom is -0.387 e. The Hall–Kier alpha value is -1.68. The molecule has 1 heterocycles. The number of aliphatic hydroxyl groups excluding tert-OH is 1. The van der Waals surface area contributed by atoms with Gasteiger partial charge in [0.05, 0.1) is 11.7 Å². The molecule has 2 aromatic rings. The smallest absolute Gasteiger partial charge is 0.0923 e. The molecule has 3 nitrogen and oxygen atoms in total. The molecule has 0 spiro atoms. The van der Waals surface area contributed by atoms with Crippen LogP contribution in [0.1, 0.15) is 53.2 Å². The highest BCUT2D eigenvalue weighted by Gasteiger charge is 2.35. The summed E-state index contributed by atoms with van der Waals surface area (Å²) in [4.78, 5) is 2.28. The molecule has 0 unspecified atom stereocenters. The second-order valence-corrected chi connectivity index (χ2v) is 8.04. The Bertz CT molecular complexity index is 778. The SMILES string of the molecule is Cc1ccccc1C1(O)CCN(C[C@H](O)c2ccc3c(c2)CCC3)CC1. The molecule has 1 fully saturated rings. The number of benzene rings is 2. The summed E-state index contributed by atoms with van der Waals surface area (Å²) in [6.45, 7) is 4.33. The Morgan fingerprint density at radius 3 is 2.54 bits per heavy atom. The number of piperidine rings is 1. The van der Waals surface area contributed by atoms with Gasteiger partial charge in [-0.25, -0.2) is 0 Å². The fourth-order valence-electron chi connectivity index (χ4n) is 4.62. The monoisotopic (exact) mass is 351 g/mol. The van der Waals surface area contributed by atoms with E-state index in [0.29, 0.717) is 6.54 Å². The summed E-state index contributed by atoms with van der Waals surface area (Å²) in [6, 6.07) is 14.6. The van der Waals surface area contributed by atoms with Crippen molar-refractivity contribution in [3.63, 3.8) is 0 Å². The van der Waals surface area contributed by atoms with E-state index < -0.39 is 11.7 Å². The lowest BCUT2D eigenvalue weighted by molar-refractivity contribution is -0.0348. The molecule has 2 aromatic carbocycles. The Morgan fingerprint density at radius 1 is 1.04 bits per heavy atom. The molecular formula is C23H29NO2. The van der Waals surface area contributed by atoms with E-state index in [2.05, 4.69) is 36.1 Å². The average Bonchev–Trinajstić information content (AvgIpc) is 3.12. The zero-order chi connectivity index (χ0) is 18.1. The molecule has 26 heavy (non-hydrogen) atoms. The lowest BCUT2D eigenvalue weighted by Crippen LogP contribution is -2.44. The minimum absolute atomic E-state index is 0.453. The van der Waals surface area contributed by atoms with Crippen LogP contribution in [0, 0.1) is 6.92 Å². The van der Waals surface area contributed by atoms with Crippen molar-refractivity contribution >= 4 is 0 Å². The van der Waals surface area contributed by atoms with Crippen LogP contribution >= 0.6 is 0 Å². The molecule has 0 bridgehead atoms. The van der Waals surface area contributed by atoms with Crippen molar-refractivity contribution in [1.29, 1.82) is 0 Å². The third-order valence-corrected chi connectivity index (χ3v) is 6.27. The highest BCUT2D eigenvalue weighted by atomic mass is 16.3. The van der Waals surface area contributed by atoms with Gasteiger partial charge in [0, 0.05) is 19.6 Å². The van der Waals surface area contributed by atoms with Crippen LogP contribution in [0.25, 0.3) is 0 Å². The predicted molar refractivity (Wildman–Crippen MR) is 104 cm³/mol. The van der Waals surface area contributed by atoms with Crippen molar-refractivity contribution in [3.8, 4) is 0 Å². The van der Waals surface area contributed by atoms with E-state index in [1.54, 1.807) is 0 Å². The van der Waals surface area contributed by atoms with Gasteiger partial charge in [-0.2, -0.15) is 0 Å². The van der Waals surface area contributed by atoms with Crippen LogP contribution in [0.2, 0.25) is 0 Å². The van der Waals surface area contributed by atoms with Crippen LogP contribution in [0.5, 0.6) is 0 Å². The number of aryl methyl sites for hydroxylation is 3. The summed E-state index contributed by atoms with van der Waals surface area (Å²) in [7, 11) is 0. The van der Waals surface area contributed by atoms with E-state index in [1.165, 1.54) is 24.0 Å². The van der Waals surface area contributed by atoms with Gasteiger partial charge >= 0.3 is 0 Å². The molecule has 3 heteroatoms. The summed E-state index contributed by atoms with van der Waals surface area (Å²) in [6.07, 6.45) is 4.53. The van der Waals surface area contributed by atoms with E-state index >= 15 is 0 Å². The van der Waals surface area contributed by atoms with E-state index in [1.807, 2.05) is 18.2 Å². The molecule has 1 aliphatic heterocycles. The number of β-amino-alcohol motifs (C(OH)–C–C–N with tert-alkyl or cyclic N) is 1. The molecular weight excluding hydrogens is 322 g/mol. The number of aliphatic hydroxyl groups is 2. The molecule has 1 saturated heterocycles. The van der Waals surface area contributed by atoms with Crippen LogP contribution in [0.3, 0.4) is 0 Å². The van der Waals surface area contributed by atoms with E-state index in [0.717, 1.165) is 49.0 Å². The normalized spacial score (nSPS) is 20.7. The van der Waals surface area contributed by atoms with Crippen LogP contribution in [-0.4, -0.2) is 34.7 Å². The number of hydrogen-bond donors (Lipinski definition) is 2. The molecule has 1 aliphatic carbocycles. The Labute approximate surface area is 156 Å². The first kappa shape index (κ1) is 17.7. The van der Waals surface area contributed by atoms with E-state index in [9.17, 15) is 10.2 Å². The van der Waals surface area contributed by atoms with Gasteiger partial charge in [-0.15, -0.1) is 0 Å². The molecule has 0 amide bonds. The highest BCUT2D eigenvalue weighted by Crippen LogP contribution is 2.35. The van der Waals surface area contributed by atoms with Crippen molar-refractivity contribution < 1.29 is 10.2 Å². The molecule has 2 N–H and O–H groups in total. The van der Waals surface area contributed by atoms with Crippen LogP contribution in [0.4, 0.5) is 0 Å². The first-order valence-electron chi connectivity index (χ1n) is 9.86. The standard InChI is InChI=1S/C23H29NO2/c1-17-5-2-3-8-21(17)23(26)11-13-24(14-12-23)16-22(25)20-10-9-18-6-4-7-19(18)15-20/h2-3,5,8-10,15,22,25-26H,4,6-7,11-14,16H2,1H3/t22-/m0/s1. The molecule has 4 rings (SSSR count). The highest BCUT2D eigenvalue weighted by molar-refractivity contribution is 5.36. The third-order valence-electron chi connectivity index (χ3n) is 6.27. The van der Waals surface area contributed by atoms with Gasteiger partial charge in [0.25, 0.3) is 0 Å². The number of nitrogens with zero attached hydrogens (tertiary/aromatic N) is 1. The lowest BCUT2D eigenvalue weighted by atomic mass is 9.82. The molecule has 0 aromatic heterocycles. The molecule has 0 saturated carbocycles. The molecule has 1 atom stereocenters. The fraction of sp³-hybridized carbons (Fsp3) is 0.478. The Balaban J connectivity index is 1.38. The summed E-state index contributed by atoms with van der Waals surface area (Å²) in [5, 5.41) is 21.8. The Morgan fingerprint density at radius 2 is 1.77 bits per heavy atom.